The van der Waals surface area contributed by atoms with E-state index >= 15 is 0 Å². The van der Waals surface area contributed by atoms with Gasteiger partial charge in [0.15, 0.2) is 29.9 Å². The second-order valence-electron chi connectivity index (χ2n) is 5.41. The average Bonchev–Trinajstić information content (AvgIpc) is 3.44. The summed E-state index contributed by atoms with van der Waals surface area (Å²) in [4.78, 5) is 35.2. The molecule has 0 spiro atoms. The van der Waals surface area contributed by atoms with Crippen LogP contribution in [0.25, 0.3) is 11.5 Å². The molecule has 4 heterocycles. The maximum absolute atomic E-state index is 10.4. The Hall–Kier alpha value is -3.09. The SMILES string of the molecule is Clc1ccnc(Cl)n1.O=Cc1ccc(-c2ccnc(Cl)n2)o1.O=Cc1ccc(B(O)O)o1. The maximum atomic E-state index is 10.4. The van der Waals surface area contributed by atoms with Crippen LogP contribution in [0.15, 0.2) is 57.6 Å². The van der Waals surface area contributed by atoms with Crippen LogP contribution in [0.3, 0.4) is 0 Å². The van der Waals surface area contributed by atoms with Crippen LogP contribution in [0, 0.1) is 0 Å². The Balaban J connectivity index is 0.000000178. The van der Waals surface area contributed by atoms with Crippen molar-refractivity contribution in [2.75, 3.05) is 0 Å². The molecule has 14 heteroatoms. The summed E-state index contributed by atoms with van der Waals surface area (Å²) < 4.78 is 9.78. The fraction of sp³-hybridized carbons (Fsp3) is 0. The Morgan fingerprint density at radius 1 is 0.781 bits per heavy atom. The smallest absolute Gasteiger partial charge is 0.462 e. The van der Waals surface area contributed by atoms with Gasteiger partial charge in [0.2, 0.25) is 10.6 Å². The molecule has 0 aliphatic rings. The van der Waals surface area contributed by atoms with Gasteiger partial charge in [-0.2, -0.15) is 0 Å². The van der Waals surface area contributed by atoms with Crippen molar-refractivity contribution < 1.29 is 28.5 Å². The van der Waals surface area contributed by atoms with E-state index in [1.165, 1.54) is 24.5 Å². The van der Waals surface area contributed by atoms with Crippen LogP contribution in [0.4, 0.5) is 0 Å². The number of nitrogens with zero attached hydrogens (tertiary/aromatic N) is 4. The van der Waals surface area contributed by atoms with E-state index in [0.717, 1.165) is 0 Å². The Morgan fingerprint density at radius 2 is 1.38 bits per heavy atom. The van der Waals surface area contributed by atoms with Gasteiger partial charge in [0, 0.05) is 12.4 Å². The number of carbonyl (C=O) groups is 2. The van der Waals surface area contributed by atoms with Crippen LogP contribution in [-0.4, -0.2) is 49.7 Å². The Morgan fingerprint density at radius 3 is 1.81 bits per heavy atom. The predicted molar refractivity (Wildman–Crippen MR) is 116 cm³/mol. The summed E-state index contributed by atoms with van der Waals surface area (Å²) in [5, 5.41) is 17.6. The molecule has 4 aromatic heterocycles. The highest BCUT2D eigenvalue weighted by atomic mass is 35.5. The van der Waals surface area contributed by atoms with Crippen molar-refractivity contribution in [2.24, 2.45) is 0 Å². The Labute approximate surface area is 196 Å². The minimum Gasteiger partial charge on any atom is -0.462 e. The van der Waals surface area contributed by atoms with Gasteiger partial charge in [0.25, 0.3) is 0 Å². The molecular weight excluding hydrogens is 485 g/mol. The van der Waals surface area contributed by atoms with Crippen molar-refractivity contribution in [1.82, 2.24) is 19.9 Å². The van der Waals surface area contributed by atoms with Gasteiger partial charge in [-0.25, -0.2) is 19.9 Å². The number of hydrogen-bond acceptors (Lipinski definition) is 10. The number of rotatable bonds is 4. The van der Waals surface area contributed by atoms with Crippen LogP contribution < -0.4 is 5.66 Å². The molecule has 4 aromatic rings. The molecule has 10 nitrogen and oxygen atoms in total. The zero-order valence-corrected chi connectivity index (χ0v) is 18.1. The minimum atomic E-state index is -1.64. The van der Waals surface area contributed by atoms with Crippen LogP contribution >= 0.6 is 34.8 Å². The standard InChI is InChI=1S/C9H5ClN2O2.C5H5BO4.C4H2Cl2N2/c10-9-11-4-3-7(12-9)8-2-1-6(5-13)14-8;7-3-4-1-2-5(10-4)6(8)9;5-3-1-2-7-4(6)8-3/h1-5H;1-3,8-9H;1-2H. The van der Waals surface area contributed by atoms with Gasteiger partial charge in [0.1, 0.15) is 16.5 Å². The number of aromatic nitrogens is 4. The molecule has 0 amide bonds. The monoisotopic (exact) mass is 496 g/mol. The third-order valence-corrected chi connectivity index (χ3v) is 3.81. The van der Waals surface area contributed by atoms with Crippen molar-refractivity contribution in [3.8, 4) is 11.5 Å². The molecule has 0 saturated carbocycles. The van der Waals surface area contributed by atoms with Crippen molar-refractivity contribution in [1.29, 1.82) is 0 Å². The fourth-order valence-electron chi connectivity index (χ4n) is 1.91. The number of aldehydes is 2. The fourth-order valence-corrected chi connectivity index (χ4v) is 2.39. The molecule has 4 rings (SSSR count). The van der Waals surface area contributed by atoms with Crippen LogP contribution in [0.5, 0.6) is 0 Å². The topological polar surface area (TPSA) is 152 Å². The van der Waals surface area contributed by atoms with E-state index in [2.05, 4.69) is 24.4 Å². The summed E-state index contributed by atoms with van der Waals surface area (Å²) >= 11 is 16.3. The number of halogens is 3. The van der Waals surface area contributed by atoms with Crippen molar-refractivity contribution in [3.05, 3.63) is 76.0 Å². The summed E-state index contributed by atoms with van der Waals surface area (Å²) in [5.41, 5.74) is 0.528. The van der Waals surface area contributed by atoms with Gasteiger partial charge in [-0.3, -0.25) is 9.59 Å². The summed E-state index contributed by atoms with van der Waals surface area (Å²) in [6.45, 7) is 0. The van der Waals surface area contributed by atoms with Gasteiger partial charge >= 0.3 is 7.12 Å². The third-order valence-electron chi connectivity index (χ3n) is 3.23. The Kier molecular flexibility index (Phi) is 9.99. The number of hydrogen-bond donors (Lipinski definition) is 2. The largest absolute Gasteiger partial charge is 0.526 e. The lowest BCUT2D eigenvalue weighted by atomic mass is 9.88. The van der Waals surface area contributed by atoms with E-state index in [1.807, 2.05) is 0 Å². The normalized spacial score (nSPS) is 9.66. The molecule has 2 N–H and O–H groups in total. The summed E-state index contributed by atoms with van der Waals surface area (Å²) in [6.07, 6.45) is 4.14. The molecule has 0 saturated heterocycles. The van der Waals surface area contributed by atoms with Crippen LogP contribution in [0.1, 0.15) is 21.1 Å². The lowest BCUT2D eigenvalue weighted by Gasteiger charge is -1.94. The van der Waals surface area contributed by atoms with Crippen LogP contribution in [0.2, 0.25) is 15.7 Å². The van der Waals surface area contributed by atoms with Crippen molar-refractivity contribution >= 4 is 60.2 Å². The molecule has 0 radical (unpaired) electrons. The van der Waals surface area contributed by atoms with E-state index < -0.39 is 7.12 Å². The highest BCUT2D eigenvalue weighted by Crippen LogP contribution is 2.19. The first-order chi connectivity index (χ1) is 15.3. The number of furan rings is 2. The van der Waals surface area contributed by atoms with Crippen molar-refractivity contribution in [3.63, 3.8) is 0 Å². The molecule has 0 bridgehead atoms. The Bertz CT molecular complexity index is 1150. The first kappa shape index (κ1) is 25.2. The first-order valence-electron chi connectivity index (χ1n) is 8.41. The van der Waals surface area contributed by atoms with Crippen molar-refractivity contribution in [2.45, 2.75) is 0 Å². The molecule has 32 heavy (non-hydrogen) atoms. The van der Waals surface area contributed by atoms with E-state index in [1.54, 1.807) is 24.3 Å². The third kappa shape index (κ3) is 8.21. The molecule has 0 aromatic carbocycles. The van der Waals surface area contributed by atoms with Gasteiger partial charge in [-0.1, -0.05) is 11.6 Å². The first-order valence-corrected chi connectivity index (χ1v) is 9.54. The zero-order valence-electron chi connectivity index (χ0n) is 15.8. The van der Waals surface area contributed by atoms with Gasteiger partial charge in [-0.15, -0.1) is 0 Å². The van der Waals surface area contributed by atoms with Gasteiger partial charge < -0.3 is 18.9 Å². The quantitative estimate of drug-likeness (QED) is 0.186. The van der Waals surface area contributed by atoms with Gasteiger partial charge in [0.05, 0.1) is 0 Å². The molecule has 0 fully saturated rings. The summed E-state index contributed by atoms with van der Waals surface area (Å²) in [7, 11) is -1.64. The van der Waals surface area contributed by atoms with Crippen LogP contribution in [-0.2, 0) is 0 Å². The van der Waals surface area contributed by atoms with E-state index in [9.17, 15) is 9.59 Å². The predicted octanol–water partition coefficient (Wildman–Crippen LogP) is 2.76. The molecule has 0 unspecified atom stereocenters. The molecule has 0 aliphatic carbocycles. The second kappa shape index (κ2) is 12.7. The second-order valence-corrected chi connectivity index (χ2v) is 6.47. The summed E-state index contributed by atoms with van der Waals surface area (Å²) in [6, 6.07) is 9.13. The highest BCUT2D eigenvalue weighted by Gasteiger charge is 2.15. The summed E-state index contributed by atoms with van der Waals surface area (Å²) in [5.74, 6) is 0.842. The van der Waals surface area contributed by atoms with E-state index in [-0.39, 0.29) is 27.7 Å². The minimum absolute atomic E-state index is 0.0258. The maximum Gasteiger partial charge on any atom is 0.526 e. The zero-order chi connectivity index (χ0) is 23.5. The molecular formula is C18H12BCl3N4O6. The van der Waals surface area contributed by atoms with Gasteiger partial charge in [-0.05, 0) is 59.6 Å². The van der Waals surface area contributed by atoms with E-state index in [4.69, 9.17) is 49.3 Å². The molecule has 0 atom stereocenters. The average molecular weight is 497 g/mol. The lowest BCUT2D eigenvalue weighted by molar-refractivity contribution is 0.109. The lowest BCUT2D eigenvalue weighted by Crippen LogP contribution is -2.27. The van der Waals surface area contributed by atoms with E-state index in [0.29, 0.717) is 29.2 Å². The number of carbonyl (C=O) groups excluding carboxylic acids is 2. The molecule has 164 valence electrons. The highest BCUT2D eigenvalue weighted by molar-refractivity contribution is 6.57. The molecule has 0 aliphatic heterocycles.